The van der Waals surface area contributed by atoms with Gasteiger partial charge in [0.15, 0.2) is 23.3 Å². The predicted molar refractivity (Wildman–Crippen MR) is 441 cm³/mol. The summed E-state index contributed by atoms with van der Waals surface area (Å²) in [6.45, 7) is 5.40. The second-order valence-electron chi connectivity index (χ2n) is 23.1. The number of nitrogen functional groups attached to an aromatic ring is 4. The molecule has 30 nitrogen and oxygen atoms in total. The molecule has 0 aliphatic carbocycles. The molecule has 10 N–H and O–H groups in total. The first-order valence-corrected chi connectivity index (χ1v) is 37.2. The van der Waals surface area contributed by atoms with Crippen LogP contribution in [0.3, 0.4) is 0 Å². The number of aliphatic hydroxyl groups excluding tert-OH is 1. The van der Waals surface area contributed by atoms with Crippen LogP contribution in [0.1, 0.15) is 131 Å². The van der Waals surface area contributed by atoms with Gasteiger partial charge in [0.05, 0.1) is 71.8 Å². The first-order chi connectivity index (χ1) is 52.2. The van der Waals surface area contributed by atoms with Gasteiger partial charge in [-0.25, -0.2) is 57.4 Å². The van der Waals surface area contributed by atoms with Gasteiger partial charge in [0.2, 0.25) is 0 Å². The van der Waals surface area contributed by atoms with E-state index in [1.54, 1.807) is 84.2 Å². The molecule has 4 aromatic carbocycles. The first-order valence-electron chi connectivity index (χ1n) is 31.8. The molecule has 3 unspecified atom stereocenters. The van der Waals surface area contributed by atoms with Gasteiger partial charge in [-0.1, -0.05) is 14.9 Å². The number of amides is 2. The number of aromatic nitrogens is 14. The highest BCUT2D eigenvalue weighted by Gasteiger charge is 2.31. The van der Waals surface area contributed by atoms with E-state index >= 15 is 0 Å². The molecule has 40 heteroatoms. The maximum Gasteiger partial charge on any atom is 0.258 e. The number of nitrogens with one attached hydrogen (secondary N) is 1. The van der Waals surface area contributed by atoms with Gasteiger partial charge in [-0.2, -0.15) is 31.1 Å². The molecule has 8 heterocycles. The molecule has 0 fully saturated rings. The van der Waals surface area contributed by atoms with Crippen molar-refractivity contribution >= 4 is 144 Å². The van der Waals surface area contributed by atoms with Crippen molar-refractivity contribution in [3.05, 3.63) is 226 Å². The first kappa shape index (κ1) is 92.5. The number of aryl methyl sites for hydroxylation is 3. The smallest absolute Gasteiger partial charge is 0.258 e. The highest BCUT2D eigenvalue weighted by atomic mass is 127. The Morgan fingerprint density at radius 1 is 0.661 bits per heavy atom. The van der Waals surface area contributed by atoms with Crippen molar-refractivity contribution in [2.24, 2.45) is 21.1 Å². The molecule has 12 rings (SSSR count). The van der Waals surface area contributed by atoms with Crippen LogP contribution in [0.5, 0.6) is 17.6 Å². The number of rotatable bonds is 12. The lowest BCUT2D eigenvalue weighted by Crippen LogP contribution is -2.31. The molecule has 0 spiro atoms. The number of nitrogens with two attached hydrogens (primary N) is 4. The Balaban J connectivity index is 0.000000255. The largest absolute Gasteiger partial charge is 0.470 e. The van der Waals surface area contributed by atoms with Crippen LogP contribution in [0.4, 0.5) is 40.8 Å². The lowest BCUT2D eigenvalue weighted by atomic mass is 10.0. The van der Waals surface area contributed by atoms with E-state index in [1.165, 1.54) is 98.4 Å². The predicted octanol–water partition coefficient (Wildman–Crippen LogP) is 13.7. The third kappa shape index (κ3) is 24.7. The van der Waals surface area contributed by atoms with Crippen LogP contribution in [0.15, 0.2) is 128 Å². The third-order valence-corrected chi connectivity index (χ3v) is 19.6. The van der Waals surface area contributed by atoms with Crippen molar-refractivity contribution in [1.82, 2.24) is 84.3 Å². The Kier molecular flexibility index (Phi) is 35.5. The number of hydrogen-bond acceptors (Lipinski definition) is 25. The summed E-state index contributed by atoms with van der Waals surface area (Å²) in [4.78, 5) is 61.6. The number of nitriles is 3. The summed E-state index contributed by atoms with van der Waals surface area (Å²) >= 11 is 16.8. The number of anilines is 4. The molecule has 2 amide bonds. The SMILES string of the molecule is C.C.CC(c1cc(C#N)n(C)n1)N(C)C(=O)c1ccc(F)cc1COc1nc(Br)cnc1N.CC1c2nn(C)c(C#N)c2-c2cnc(N)c(n2)OCc2cc(F)ccc2C(=O)N1C.CNC(C)c1cc(C#N)n(C)n1.Nc1ncc(Br)nc1Br.Nc1ncc(Br)nc1OCc1cc(F)ccc1I.OCc1cc(F)ccc1I. The molecule has 1 aliphatic rings. The number of hydrogen-bond donors (Lipinski definition) is 6. The van der Waals surface area contributed by atoms with Crippen LogP contribution in [-0.4, -0.2) is 117 Å². The van der Waals surface area contributed by atoms with E-state index in [0.29, 0.717) is 75.0 Å². The normalized spacial score (nSPS) is 12.1. The Hall–Kier alpha value is -10.1. The van der Waals surface area contributed by atoms with Gasteiger partial charge in [0, 0.05) is 76.2 Å². The van der Waals surface area contributed by atoms with Crippen LogP contribution < -0.4 is 42.5 Å². The topological polar surface area (TPSA) is 433 Å². The quantitative estimate of drug-likeness (QED) is 0.0489. The van der Waals surface area contributed by atoms with Gasteiger partial charge >= 0.3 is 0 Å². The molecule has 7 aromatic heterocycles. The van der Waals surface area contributed by atoms with Gasteiger partial charge in [-0.15, -0.1) is 0 Å². The van der Waals surface area contributed by atoms with E-state index in [9.17, 15) is 32.4 Å². The van der Waals surface area contributed by atoms with Crippen LogP contribution in [-0.2, 0) is 47.6 Å². The van der Waals surface area contributed by atoms with Crippen molar-refractivity contribution < 1.29 is 46.5 Å². The summed E-state index contributed by atoms with van der Waals surface area (Å²) in [6, 6.07) is 25.5. The van der Waals surface area contributed by atoms with Gasteiger partial charge < -0.3 is 57.4 Å². The Morgan fingerprint density at radius 2 is 1.14 bits per heavy atom. The molecule has 1 aliphatic heterocycles. The minimum atomic E-state index is -0.512. The van der Waals surface area contributed by atoms with E-state index in [2.05, 4.69) is 182 Å². The molecular weight excluding hydrogens is 1950 g/mol. The fourth-order valence-electron chi connectivity index (χ4n) is 9.52. The van der Waals surface area contributed by atoms with Crippen LogP contribution in [0, 0.1) is 64.4 Å². The second-order valence-corrected chi connectivity index (χ2v) is 28.6. The number of fused-ring (bicyclic) bond motifs is 5. The van der Waals surface area contributed by atoms with Crippen LogP contribution in [0.2, 0.25) is 0 Å². The van der Waals surface area contributed by atoms with Crippen molar-refractivity contribution in [3.63, 3.8) is 0 Å². The molecule has 112 heavy (non-hydrogen) atoms. The maximum absolute atomic E-state index is 13.9. The summed E-state index contributed by atoms with van der Waals surface area (Å²) in [6.07, 6.45) is 5.87. The molecule has 0 saturated heterocycles. The zero-order valence-corrected chi connectivity index (χ0v) is 70.2. The number of carbonyl (C=O) groups is 2. The standard InChI is InChI=1S/C20H19BrFN7O2.C20H18FN7O2.C11H8BrFIN3O.C8H12N4.C7H6FIO.C4H3Br2N3.2CH4/c1-11(16-7-14(8-23)29(3)27-16)28(2)20(30)15-5-4-13(22)6-12(15)10-31-19-18(24)25-9-17(21)26-19;1-10-17-16(15(7-22)28(3)26-17)14-8-24-18(23)19(25-14)30-9-11-6-12(21)4-5-13(11)20(29)27(10)2;12-9-4-16-10(15)11(17-9)18-5-6-3-7(13)1-2-8(6)14;1-6(10-2)8-4-7(5-9)12(3)11-8;8-6-1-2-7(9)5(3-6)4-10;5-2-1-8-4(7)3(6)9-2;;/h4-7,9,11H,10H2,1-3H3,(H2,24,25);4-6,8,10H,9H2,1-3H3,(H2,23,24);1-4H,5H2,(H2,15,16);4,6,10H,1-3H3;1-3,10H,4H2;1H,(H2,7,8);2*1H4. The number of halogens is 10. The van der Waals surface area contributed by atoms with Crippen LogP contribution >= 0.6 is 109 Å². The van der Waals surface area contributed by atoms with Crippen molar-refractivity contribution in [3.8, 4) is 47.1 Å². The Morgan fingerprint density at radius 3 is 1.66 bits per heavy atom. The van der Waals surface area contributed by atoms with Gasteiger partial charge in [-0.3, -0.25) is 23.6 Å². The molecule has 11 aromatic rings. The number of nitrogens with zero attached hydrogens (tertiary/aromatic N) is 19. The monoisotopic (exact) mass is 2020 g/mol. The molecule has 3 atom stereocenters. The maximum atomic E-state index is 13.9. The summed E-state index contributed by atoms with van der Waals surface area (Å²) in [7, 11) is 10.2. The number of benzene rings is 4. The van der Waals surface area contributed by atoms with Gasteiger partial charge in [-0.05, 0) is 227 Å². The third-order valence-electron chi connectivity index (χ3n) is 15.8. The molecular formula is C72H74Br4F4I2N24O6. The summed E-state index contributed by atoms with van der Waals surface area (Å²) in [5, 5.41) is 52.1. The summed E-state index contributed by atoms with van der Waals surface area (Å²) in [5.74, 6) is -1.28. The lowest BCUT2D eigenvalue weighted by molar-refractivity contribution is 0.0729. The average Bonchev–Trinajstić information content (AvgIpc) is 1.60. The Bertz CT molecular complexity index is 5230. The minimum Gasteiger partial charge on any atom is -0.470 e. The Labute approximate surface area is 703 Å². The van der Waals surface area contributed by atoms with Gasteiger partial charge in [0.25, 0.3) is 29.5 Å². The molecule has 0 saturated carbocycles. The van der Waals surface area contributed by atoms with Crippen LogP contribution in [0.25, 0.3) is 11.3 Å². The summed E-state index contributed by atoms with van der Waals surface area (Å²) in [5.41, 5.74) is 29.2. The second kappa shape index (κ2) is 43.0. The number of carbonyl (C=O) groups excluding carboxylic acids is 2. The average molecular weight is 2020 g/mol. The minimum absolute atomic E-state index is 0. The fourth-order valence-corrected chi connectivity index (χ4v) is 11.9. The highest BCUT2D eigenvalue weighted by Crippen LogP contribution is 2.36. The van der Waals surface area contributed by atoms with Crippen molar-refractivity contribution in [2.75, 3.05) is 44.1 Å². The number of aliphatic hydroxyl groups is 1. The van der Waals surface area contributed by atoms with E-state index in [1.807, 2.05) is 20.0 Å². The molecule has 0 radical (unpaired) electrons. The van der Waals surface area contributed by atoms with E-state index in [4.69, 9.17) is 52.8 Å². The van der Waals surface area contributed by atoms with Crippen molar-refractivity contribution in [2.45, 2.75) is 80.2 Å². The number of ether oxygens (including phenoxy) is 3. The highest BCUT2D eigenvalue weighted by molar-refractivity contribution is 14.1. The summed E-state index contributed by atoms with van der Waals surface area (Å²) < 4.78 is 78.5. The zero-order chi connectivity index (χ0) is 81.0. The molecule has 2 bridgehead atoms. The zero-order valence-electron chi connectivity index (χ0n) is 59.5. The van der Waals surface area contributed by atoms with Crippen molar-refractivity contribution in [1.29, 1.82) is 15.8 Å². The van der Waals surface area contributed by atoms with E-state index in [0.717, 1.165) is 18.4 Å². The van der Waals surface area contributed by atoms with Gasteiger partial charge in [0.1, 0.15) is 96.8 Å². The molecule has 588 valence electrons. The van der Waals surface area contributed by atoms with E-state index in [-0.39, 0.29) is 123 Å². The van der Waals surface area contributed by atoms with E-state index < -0.39 is 23.7 Å². The lowest BCUT2D eigenvalue weighted by Gasteiger charge is -2.26. The fraction of sp³-hybridized carbons (Fsp3) is 0.250.